The van der Waals surface area contributed by atoms with E-state index in [2.05, 4.69) is 0 Å². The Bertz CT molecular complexity index is 5740. The number of Topliss-reactive ketones (excluding diaryl/α,β-unsaturated/α-hetero) is 3. The molecule has 0 aliphatic heterocycles. The molecule has 0 heterocycles. The summed E-state index contributed by atoms with van der Waals surface area (Å²) in [6.07, 6.45) is 34.6. The molecule has 0 bridgehead atoms. The molecule has 0 unspecified atom stereocenters. The zero-order valence-electron chi connectivity index (χ0n) is 63.7. The molecule has 9 aliphatic rings. The van der Waals surface area contributed by atoms with Crippen LogP contribution in [0.5, 0.6) is 0 Å². The number of ketones is 3. The van der Waals surface area contributed by atoms with Crippen LogP contribution in [0.25, 0.3) is 16.7 Å². The van der Waals surface area contributed by atoms with Crippen molar-refractivity contribution in [2.45, 2.75) is 0 Å². The van der Waals surface area contributed by atoms with Gasteiger partial charge in [0.15, 0.2) is 17.1 Å². The summed E-state index contributed by atoms with van der Waals surface area (Å²) in [6, 6.07) is 21.7. The predicted octanol–water partition coefficient (Wildman–Crippen LogP) is 6.25. The van der Waals surface area contributed by atoms with Crippen molar-refractivity contribution < 1.29 is 107 Å². The molecule has 0 amide bonds. The first-order valence-electron chi connectivity index (χ1n) is 34.0. The monoisotopic (exact) mass is 1690 g/mol. The van der Waals surface area contributed by atoms with Crippen molar-refractivity contribution in [2.75, 3.05) is 99.3 Å². The number of carbonyl (C=O) groups excluding carboxylic acids is 3. The van der Waals surface area contributed by atoms with Gasteiger partial charge in [-0.1, -0.05) is 54.6 Å². The molecule has 0 fully saturated rings. The third kappa shape index (κ3) is 19.8. The number of rotatable bonds is 12. The predicted molar refractivity (Wildman–Crippen MR) is 446 cm³/mol. The van der Waals surface area contributed by atoms with Crippen LogP contribution in [-0.2, 0) is 75.0 Å². The summed E-state index contributed by atoms with van der Waals surface area (Å²) in [7, 11) is -7.12. The minimum absolute atomic E-state index is 0. The zero-order valence-corrected chi connectivity index (χ0v) is 69.7. The van der Waals surface area contributed by atoms with E-state index in [1.165, 1.54) is 24.3 Å². The molecule has 12 rings (SSSR count). The Morgan fingerprint density at radius 2 is 0.557 bits per heavy atom. The van der Waals surface area contributed by atoms with Gasteiger partial charge in [0.25, 0.3) is 10.1 Å². The molecule has 115 heavy (non-hydrogen) atoms. The first-order chi connectivity index (χ1) is 53.0. The molecule has 0 spiro atoms. The molecule has 0 saturated carbocycles. The fourth-order valence-corrected chi connectivity index (χ4v) is 16.1. The fraction of sp³-hybridized carbons (Fsp3) is 0.148. The average molecular weight is 1690 g/mol. The van der Waals surface area contributed by atoms with Crippen molar-refractivity contribution >= 4 is 161 Å². The summed E-state index contributed by atoms with van der Waals surface area (Å²) in [5, 5.41) is 0. The standard InChI is InChI=1S/3C27H26N2O7S2.Al/c3*1-28(2)20-9-5-17(6-10-20)25(18-7-11-21(12-8-18)29(3)4)26-23-14-13-22(37(31,32)33)15-19(23)16-24(27(26)30)38(34,35)36;/h2*5-16H,1-4H3,(H,31,32,33)(H,34,35,36);5-16H,1-4H3,(H2,31,32,33,34,35,36);/q;;;+3/p-3. The van der Waals surface area contributed by atoms with Crippen LogP contribution in [-0.4, -0.2) is 244 Å². The molecule has 0 aromatic heterocycles. The third-order valence-corrected chi connectivity index (χ3v) is 23.6. The molecule has 0 radical (unpaired) electrons. The largest absolute Gasteiger partial charge is 3.00 e. The SMILES string of the molecule is CN(C)c1ccc(C(=C2C=CC(=[N+](C)C)C=C2)C2=C3C=CC(=S(=O)(O)O)C=C3C=C(S(=O)(=O)O)C2=O)cc1.CN(C)c1ccc(C(=C2C=CC(=[N+](C)C)C=C2)C2=C3C=CC(=S(=O)([O-])[O-])C=C3C=C(S(=O)(=O)[O-])C2=O)cc1.CN(C)c1ccc(C(=C2C=CC(=[N+](C)C)C=C2)C2=C3C=CC(=S(=O)([O-])[O-])C=C3C=C(S(=O)(=O)[O-])C2=O)cc1.[Al+3]. The van der Waals surface area contributed by atoms with Crippen molar-refractivity contribution in [3.63, 3.8) is 0 Å². The second-order valence-corrected chi connectivity index (χ2v) is 35.8. The quantitative estimate of drug-likeness (QED) is 0.0780. The summed E-state index contributed by atoms with van der Waals surface area (Å²) in [4.78, 5) is 42.2. The van der Waals surface area contributed by atoms with Gasteiger partial charge in [-0.15, -0.1) is 0 Å². The van der Waals surface area contributed by atoms with Crippen LogP contribution >= 0.6 is 0 Å². The van der Waals surface area contributed by atoms with Crippen molar-refractivity contribution in [1.29, 1.82) is 0 Å². The van der Waals surface area contributed by atoms with E-state index in [9.17, 15) is 93.2 Å². The number of fused-ring (bicyclic) bond motifs is 3. The fourth-order valence-electron chi connectivity index (χ4n) is 12.7. The van der Waals surface area contributed by atoms with Crippen LogP contribution in [0.2, 0.25) is 0 Å². The first kappa shape index (κ1) is 88.6. The third-order valence-electron chi connectivity index (χ3n) is 18.6. The minimum atomic E-state index is -5.25. The van der Waals surface area contributed by atoms with E-state index in [1.54, 1.807) is 72.9 Å². The molecule has 9 aliphatic carbocycles. The van der Waals surface area contributed by atoms with Crippen LogP contribution in [0.4, 0.5) is 17.1 Å². The summed E-state index contributed by atoms with van der Waals surface area (Å²) in [6.45, 7) is 0. The molecule has 3 aromatic rings. The number of hydrogen-bond donors (Lipinski definition) is 3. The number of allylic oxidation sites excluding steroid dienone is 42. The maximum absolute atomic E-state index is 13.7. The number of carbonyl (C=O) groups is 3. The van der Waals surface area contributed by atoms with E-state index in [-0.39, 0.29) is 72.4 Å². The van der Waals surface area contributed by atoms with Crippen LogP contribution < -0.4 is 14.7 Å². The maximum Gasteiger partial charge on any atom is 3.00 e. The number of nitrogens with zero attached hydrogens (tertiary/aromatic N) is 6. The van der Waals surface area contributed by atoms with Gasteiger partial charge in [0.2, 0.25) is 27.4 Å². The van der Waals surface area contributed by atoms with Gasteiger partial charge in [-0.3, -0.25) is 36.5 Å². The van der Waals surface area contributed by atoms with Crippen molar-refractivity contribution in [3.8, 4) is 0 Å². The van der Waals surface area contributed by atoms with Crippen LogP contribution in [0, 0.1) is 0 Å². The molecule has 3 aromatic carbocycles. The second-order valence-electron chi connectivity index (χ2n) is 27.4. The van der Waals surface area contributed by atoms with E-state index in [0.29, 0.717) is 50.1 Å². The maximum atomic E-state index is 13.7. The molecule has 27 nitrogen and oxygen atoms in total. The Morgan fingerprint density at radius 3 is 0.774 bits per heavy atom. The van der Waals surface area contributed by atoms with E-state index in [0.717, 1.165) is 82.8 Å². The average Bonchev–Trinajstić information content (AvgIpc) is 0.751. The van der Waals surface area contributed by atoms with Crippen molar-refractivity contribution in [3.05, 3.63) is 317 Å². The molecule has 0 saturated heterocycles. The summed E-state index contributed by atoms with van der Waals surface area (Å²) in [5.41, 5.74) is 10.3. The van der Waals surface area contributed by atoms with Gasteiger partial charge >= 0.3 is 17.4 Å². The minimum Gasteiger partial charge on any atom is -0.788 e. The van der Waals surface area contributed by atoms with Crippen LogP contribution in [0.15, 0.2) is 300 Å². The van der Waals surface area contributed by atoms with Gasteiger partial charge in [-0.05, 0) is 194 Å². The summed E-state index contributed by atoms with van der Waals surface area (Å²) in [5.74, 6) is -2.97. The van der Waals surface area contributed by atoms with Crippen LogP contribution in [0.1, 0.15) is 16.7 Å². The van der Waals surface area contributed by atoms with Gasteiger partial charge in [0.05, 0.1) is 4.86 Å². The topological polar surface area (TPSA) is 423 Å². The molecular weight excluding hydrogens is 1610 g/mol. The molecule has 34 heteroatoms. The summed E-state index contributed by atoms with van der Waals surface area (Å²) >= 11 is 0. The number of hydrogen-bond acceptors (Lipinski definition) is 21. The van der Waals surface area contributed by atoms with Gasteiger partial charge in [0, 0.05) is 139 Å². The van der Waals surface area contributed by atoms with Gasteiger partial charge < -0.3 is 42.0 Å². The van der Waals surface area contributed by atoms with Gasteiger partial charge in [-0.2, -0.15) is 28.6 Å². The number of anilines is 3. The number of benzene rings is 3. The summed E-state index contributed by atoms with van der Waals surface area (Å²) < 4.78 is 214. The van der Waals surface area contributed by atoms with Crippen molar-refractivity contribution in [1.82, 2.24) is 0 Å². The second kappa shape index (κ2) is 34.3. The zero-order chi connectivity index (χ0) is 84.0. The Hall–Kier alpha value is -10.3. The van der Waals surface area contributed by atoms with E-state index in [1.807, 2.05) is 186 Å². The van der Waals surface area contributed by atoms with Gasteiger partial charge in [0.1, 0.15) is 77.2 Å². The Balaban J connectivity index is 0.000000196. The van der Waals surface area contributed by atoms with Crippen LogP contribution in [0.3, 0.4) is 0 Å². The first-order valence-corrected chi connectivity index (χ1v) is 42.5. The molecular formula is C81H75AlN6O21S6. The van der Waals surface area contributed by atoms with Gasteiger partial charge in [-0.25, -0.2) is 34.8 Å². The smallest absolute Gasteiger partial charge is 0.788 e. The Labute approximate surface area is 679 Å². The Kier molecular flexibility index (Phi) is 26.4. The Morgan fingerprint density at radius 1 is 0.322 bits per heavy atom. The molecule has 594 valence electrons. The van der Waals surface area contributed by atoms with E-state index < -0.39 is 102 Å². The van der Waals surface area contributed by atoms with E-state index in [4.69, 9.17) is 0 Å². The molecule has 0 atom stereocenters. The molecule has 3 N–H and O–H groups in total. The van der Waals surface area contributed by atoms with Crippen molar-refractivity contribution in [2.24, 2.45) is 0 Å². The van der Waals surface area contributed by atoms with E-state index >= 15 is 0 Å². The normalized spacial score (nSPS) is 17.3.